The lowest BCUT2D eigenvalue weighted by atomic mass is 9.90. The summed E-state index contributed by atoms with van der Waals surface area (Å²) >= 11 is 0. The first-order valence-electron chi connectivity index (χ1n) is 5.60. The highest BCUT2D eigenvalue weighted by Gasteiger charge is 2.28. The van der Waals surface area contributed by atoms with Crippen molar-refractivity contribution in [2.75, 3.05) is 0 Å². The van der Waals surface area contributed by atoms with Crippen LogP contribution in [0.1, 0.15) is 39.5 Å². The van der Waals surface area contributed by atoms with Gasteiger partial charge in [-0.1, -0.05) is 26.8 Å². The summed E-state index contributed by atoms with van der Waals surface area (Å²) in [6.45, 7) is 8.01. The van der Waals surface area contributed by atoms with Gasteiger partial charge in [-0.3, -0.25) is 4.79 Å². The molecule has 0 aromatic rings. The van der Waals surface area contributed by atoms with E-state index in [2.05, 4.69) is 25.7 Å². The third kappa shape index (κ3) is 2.86. The lowest BCUT2D eigenvalue weighted by Crippen LogP contribution is -2.31. The number of nitrogens with one attached hydrogen (secondary N) is 1. The molecule has 2 heteroatoms. The number of hydrogen-bond donors (Lipinski definition) is 1. The molecule has 0 aromatic carbocycles. The van der Waals surface area contributed by atoms with Gasteiger partial charge in [-0.15, -0.1) is 0 Å². The Kier molecular flexibility index (Phi) is 4.18. The largest absolute Gasteiger partial charge is 0.350 e. The second-order valence-corrected chi connectivity index (χ2v) is 4.37. The fraction of sp³-hybridized carbons (Fsp3) is 0.750. The molecule has 1 aliphatic carbocycles. The molecule has 14 heavy (non-hydrogen) atoms. The predicted molar refractivity (Wildman–Crippen MR) is 58.9 cm³/mol. The van der Waals surface area contributed by atoms with E-state index in [0.717, 1.165) is 24.7 Å². The fourth-order valence-electron chi connectivity index (χ4n) is 2.26. The van der Waals surface area contributed by atoms with E-state index in [0.29, 0.717) is 6.04 Å². The SMILES string of the molecule is C=CC(=O)NC1CCC(C(C)CC)C1. The number of carbonyl (C=O) groups is 1. The first kappa shape index (κ1) is 11.3. The van der Waals surface area contributed by atoms with Crippen molar-refractivity contribution in [1.82, 2.24) is 5.32 Å². The van der Waals surface area contributed by atoms with Gasteiger partial charge in [0.2, 0.25) is 5.91 Å². The van der Waals surface area contributed by atoms with Crippen molar-refractivity contribution in [2.24, 2.45) is 11.8 Å². The zero-order valence-corrected chi connectivity index (χ0v) is 9.25. The molecular formula is C12H21NO. The van der Waals surface area contributed by atoms with Gasteiger partial charge in [0.15, 0.2) is 0 Å². The summed E-state index contributed by atoms with van der Waals surface area (Å²) in [5.41, 5.74) is 0. The maximum atomic E-state index is 11.1. The van der Waals surface area contributed by atoms with E-state index in [4.69, 9.17) is 0 Å². The number of carbonyl (C=O) groups excluding carboxylic acids is 1. The van der Waals surface area contributed by atoms with E-state index in [1.165, 1.54) is 18.9 Å². The highest BCUT2D eigenvalue weighted by Crippen LogP contribution is 2.32. The molecule has 0 spiro atoms. The van der Waals surface area contributed by atoms with Gasteiger partial charge in [0.25, 0.3) is 0 Å². The van der Waals surface area contributed by atoms with Gasteiger partial charge < -0.3 is 5.32 Å². The van der Waals surface area contributed by atoms with Crippen molar-refractivity contribution in [1.29, 1.82) is 0 Å². The number of amides is 1. The Morgan fingerprint density at radius 3 is 2.93 bits per heavy atom. The zero-order chi connectivity index (χ0) is 10.6. The topological polar surface area (TPSA) is 29.1 Å². The molecule has 0 radical (unpaired) electrons. The molecule has 1 rings (SSSR count). The second kappa shape index (κ2) is 5.18. The average molecular weight is 195 g/mol. The maximum Gasteiger partial charge on any atom is 0.243 e. The van der Waals surface area contributed by atoms with Crippen molar-refractivity contribution >= 4 is 5.91 Å². The summed E-state index contributed by atoms with van der Waals surface area (Å²) in [5, 5.41) is 2.98. The van der Waals surface area contributed by atoms with Crippen LogP contribution in [0.5, 0.6) is 0 Å². The van der Waals surface area contributed by atoms with Crippen LogP contribution in [0.2, 0.25) is 0 Å². The summed E-state index contributed by atoms with van der Waals surface area (Å²) in [4.78, 5) is 11.1. The molecule has 1 N–H and O–H groups in total. The van der Waals surface area contributed by atoms with Crippen LogP contribution in [0.3, 0.4) is 0 Å². The van der Waals surface area contributed by atoms with E-state index in [1.54, 1.807) is 0 Å². The standard InChI is InChI=1S/C12H21NO/c1-4-9(3)10-6-7-11(8-10)13-12(14)5-2/h5,9-11H,2,4,6-8H2,1,3H3,(H,13,14). The summed E-state index contributed by atoms with van der Waals surface area (Å²) in [6, 6.07) is 0.388. The van der Waals surface area contributed by atoms with Crippen molar-refractivity contribution in [3.8, 4) is 0 Å². The smallest absolute Gasteiger partial charge is 0.243 e. The van der Waals surface area contributed by atoms with Crippen LogP contribution in [0.4, 0.5) is 0 Å². The van der Waals surface area contributed by atoms with Gasteiger partial charge in [-0.25, -0.2) is 0 Å². The van der Waals surface area contributed by atoms with Crippen LogP contribution in [-0.4, -0.2) is 11.9 Å². The van der Waals surface area contributed by atoms with Gasteiger partial charge in [-0.05, 0) is 37.2 Å². The van der Waals surface area contributed by atoms with Crippen LogP contribution >= 0.6 is 0 Å². The normalized spacial score (nSPS) is 28.4. The Balaban J connectivity index is 2.33. The van der Waals surface area contributed by atoms with Crippen LogP contribution in [0.25, 0.3) is 0 Å². The molecule has 3 unspecified atom stereocenters. The van der Waals surface area contributed by atoms with Crippen LogP contribution in [0.15, 0.2) is 12.7 Å². The van der Waals surface area contributed by atoms with Crippen molar-refractivity contribution in [2.45, 2.75) is 45.6 Å². The fourth-order valence-corrected chi connectivity index (χ4v) is 2.26. The first-order chi connectivity index (χ1) is 6.67. The van der Waals surface area contributed by atoms with Gasteiger partial charge in [0.1, 0.15) is 0 Å². The van der Waals surface area contributed by atoms with E-state index >= 15 is 0 Å². The van der Waals surface area contributed by atoms with E-state index in [-0.39, 0.29) is 5.91 Å². The molecule has 1 saturated carbocycles. The Labute approximate surface area is 86.8 Å². The molecule has 80 valence electrons. The Morgan fingerprint density at radius 2 is 2.36 bits per heavy atom. The summed E-state index contributed by atoms with van der Waals surface area (Å²) in [5.74, 6) is 1.57. The molecular weight excluding hydrogens is 174 g/mol. The minimum Gasteiger partial charge on any atom is -0.350 e. The minimum absolute atomic E-state index is 0.0280. The van der Waals surface area contributed by atoms with Crippen molar-refractivity contribution in [3.63, 3.8) is 0 Å². The van der Waals surface area contributed by atoms with E-state index < -0.39 is 0 Å². The third-order valence-corrected chi connectivity index (χ3v) is 3.45. The Bertz CT molecular complexity index is 212. The van der Waals surface area contributed by atoms with E-state index in [1.807, 2.05) is 0 Å². The van der Waals surface area contributed by atoms with E-state index in [9.17, 15) is 4.79 Å². The molecule has 1 aliphatic rings. The highest BCUT2D eigenvalue weighted by molar-refractivity contribution is 5.87. The van der Waals surface area contributed by atoms with Gasteiger partial charge >= 0.3 is 0 Å². The predicted octanol–water partition coefficient (Wildman–Crippen LogP) is 2.50. The first-order valence-corrected chi connectivity index (χ1v) is 5.60. The summed E-state index contributed by atoms with van der Waals surface area (Å²) < 4.78 is 0. The van der Waals surface area contributed by atoms with Gasteiger partial charge in [0, 0.05) is 6.04 Å². The lowest BCUT2D eigenvalue weighted by Gasteiger charge is -2.17. The molecule has 0 aromatic heterocycles. The quantitative estimate of drug-likeness (QED) is 0.686. The summed E-state index contributed by atoms with van der Waals surface area (Å²) in [7, 11) is 0. The lowest BCUT2D eigenvalue weighted by molar-refractivity contribution is -0.117. The molecule has 1 amide bonds. The molecule has 0 heterocycles. The van der Waals surface area contributed by atoms with Gasteiger partial charge in [0.05, 0.1) is 0 Å². The minimum atomic E-state index is -0.0280. The molecule has 0 saturated heterocycles. The Morgan fingerprint density at radius 1 is 1.64 bits per heavy atom. The van der Waals surface area contributed by atoms with Crippen LogP contribution in [-0.2, 0) is 4.79 Å². The number of hydrogen-bond acceptors (Lipinski definition) is 1. The maximum absolute atomic E-state index is 11.1. The summed E-state index contributed by atoms with van der Waals surface area (Å²) in [6.07, 6.45) is 6.14. The molecule has 0 aliphatic heterocycles. The Hall–Kier alpha value is -0.790. The van der Waals surface area contributed by atoms with Gasteiger partial charge in [-0.2, -0.15) is 0 Å². The molecule has 2 nitrogen and oxygen atoms in total. The molecule has 1 fully saturated rings. The highest BCUT2D eigenvalue weighted by atomic mass is 16.1. The monoisotopic (exact) mass is 195 g/mol. The van der Waals surface area contributed by atoms with Crippen LogP contribution in [0, 0.1) is 11.8 Å². The second-order valence-electron chi connectivity index (χ2n) is 4.37. The average Bonchev–Trinajstić information content (AvgIpc) is 2.65. The van der Waals surface area contributed by atoms with Crippen molar-refractivity contribution in [3.05, 3.63) is 12.7 Å². The number of rotatable bonds is 4. The molecule has 3 atom stereocenters. The van der Waals surface area contributed by atoms with Crippen molar-refractivity contribution < 1.29 is 4.79 Å². The van der Waals surface area contributed by atoms with Crippen LogP contribution < -0.4 is 5.32 Å². The molecule has 0 bridgehead atoms. The zero-order valence-electron chi connectivity index (χ0n) is 9.25. The third-order valence-electron chi connectivity index (χ3n) is 3.45.